The highest BCUT2D eigenvalue weighted by molar-refractivity contribution is 5.15. The van der Waals surface area contributed by atoms with Crippen LogP contribution < -0.4 is 5.32 Å². The first kappa shape index (κ1) is 10.5. The predicted molar refractivity (Wildman–Crippen MR) is 61.2 cm³/mol. The van der Waals surface area contributed by atoms with E-state index in [4.69, 9.17) is 0 Å². The number of fused-ring (bicyclic) bond motifs is 1. The molecule has 1 aliphatic heterocycles. The monoisotopic (exact) mass is 195 g/mol. The van der Waals surface area contributed by atoms with Crippen LogP contribution in [0.25, 0.3) is 0 Å². The number of nitrogens with one attached hydrogen (secondary N) is 1. The third kappa shape index (κ3) is 1.60. The first-order valence-electron chi connectivity index (χ1n) is 5.97. The van der Waals surface area contributed by atoms with E-state index in [0.29, 0.717) is 10.8 Å². The molecule has 0 aromatic rings. The van der Waals surface area contributed by atoms with Gasteiger partial charge in [-0.1, -0.05) is 41.5 Å². The Hall–Kier alpha value is -0.0400. The Morgan fingerprint density at radius 1 is 0.929 bits per heavy atom. The molecule has 0 spiro atoms. The van der Waals surface area contributed by atoms with E-state index in [0.717, 1.165) is 23.9 Å². The number of piperidine rings is 1. The van der Waals surface area contributed by atoms with Gasteiger partial charge in [0.05, 0.1) is 0 Å². The molecular weight excluding hydrogens is 170 g/mol. The molecule has 1 saturated carbocycles. The molecule has 4 atom stereocenters. The van der Waals surface area contributed by atoms with Crippen LogP contribution in [0.4, 0.5) is 0 Å². The Morgan fingerprint density at radius 2 is 1.50 bits per heavy atom. The zero-order valence-corrected chi connectivity index (χ0v) is 10.5. The molecule has 0 aromatic heterocycles. The van der Waals surface area contributed by atoms with Gasteiger partial charge in [-0.15, -0.1) is 0 Å². The van der Waals surface area contributed by atoms with Crippen molar-refractivity contribution in [2.75, 3.05) is 0 Å². The molecular formula is C13H25N. The summed E-state index contributed by atoms with van der Waals surface area (Å²) in [5.41, 5.74) is 0.945. The summed E-state index contributed by atoms with van der Waals surface area (Å²) in [7, 11) is 0. The molecule has 0 bridgehead atoms. The van der Waals surface area contributed by atoms with Gasteiger partial charge in [0.15, 0.2) is 0 Å². The Bertz CT molecular complexity index is 207. The van der Waals surface area contributed by atoms with Gasteiger partial charge in [-0.3, -0.25) is 0 Å². The quantitative estimate of drug-likeness (QED) is 0.626. The lowest BCUT2D eigenvalue weighted by Gasteiger charge is -2.31. The second-order valence-electron chi connectivity index (χ2n) is 7.40. The maximum Gasteiger partial charge on any atom is 0.0139 e. The van der Waals surface area contributed by atoms with Gasteiger partial charge in [-0.2, -0.15) is 0 Å². The molecule has 1 N–H and O–H groups in total. The molecule has 2 fully saturated rings. The third-order valence-electron chi connectivity index (χ3n) is 4.12. The molecule has 0 radical (unpaired) electrons. The van der Waals surface area contributed by atoms with Crippen molar-refractivity contribution in [2.45, 2.75) is 60.0 Å². The zero-order chi connectivity index (χ0) is 10.7. The van der Waals surface area contributed by atoms with Gasteiger partial charge in [0.25, 0.3) is 0 Å². The van der Waals surface area contributed by atoms with E-state index in [1.54, 1.807) is 0 Å². The SMILES string of the molecule is CC(C)(C)C1CC2C(N1)C2C(C)(C)C. The van der Waals surface area contributed by atoms with Crippen molar-refractivity contribution >= 4 is 0 Å². The summed E-state index contributed by atoms with van der Waals surface area (Å²) in [4.78, 5) is 0. The van der Waals surface area contributed by atoms with Gasteiger partial charge < -0.3 is 5.32 Å². The summed E-state index contributed by atoms with van der Waals surface area (Å²) < 4.78 is 0. The molecule has 1 saturated heterocycles. The molecule has 2 aliphatic rings. The van der Waals surface area contributed by atoms with E-state index < -0.39 is 0 Å². The standard InChI is InChI=1S/C13H25N/c1-12(2,3)9-7-8-10(11(8)14-9)13(4,5)6/h8-11,14H,7H2,1-6H3. The van der Waals surface area contributed by atoms with E-state index >= 15 is 0 Å². The molecule has 2 rings (SSSR count). The van der Waals surface area contributed by atoms with E-state index in [-0.39, 0.29) is 0 Å². The van der Waals surface area contributed by atoms with E-state index in [1.807, 2.05) is 0 Å². The Kier molecular flexibility index (Phi) is 2.06. The van der Waals surface area contributed by atoms with Crippen LogP contribution in [-0.4, -0.2) is 12.1 Å². The van der Waals surface area contributed by atoms with E-state index in [1.165, 1.54) is 6.42 Å². The molecule has 0 aromatic carbocycles. The smallest absolute Gasteiger partial charge is 0.0139 e. The molecule has 14 heavy (non-hydrogen) atoms. The fraction of sp³-hybridized carbons (Fsp3) is 1.00. The Morgan fingerprint density at radius 3 is 1.79 bits per heavy atom. The zero-order valence-electron chi connectivity index (χ0n) is 10.5. The Labute approximate surface area is 88.7 Å². The summed E-state index contributed by atoms with van der Waals surface area (Å²) in [6, 6.07) is 1.58. The normalized spacial score (nSPS) is 42.4. The third-order valence-corrected chi connectivity index (χ3v) is 4.12. The minimum Gasteiger partial charge on any atom is -0.310 e. The lowest BCUT2D eigenvalue weighted by atomic mass is 9.81. The first-order chi connectivity index (χ1) is 6.21. The van der Waals surface area contributed by atoms with Crippen molar-refractivity contribution in [1.29, 1.82) is 0 Å². The van der Waals surface area contributed by atoms with Crippen molar-refractivity contribution < 1.29 is 0 Å². The number of rotatable bonds is 0. The van der Waals surface area contributed by atoms with Gasteiger partial charge >= 0.3 is 0 Å². The van der Waals surface area contributed by atoms with Crippen LogP contribution >= 0.6 is 0 Å². The number of hydrogen-bond acceptors (Lipinski definition) is 1. The average Bonchev–Trinajstić information content (AvgIpc) is 2.46. The maximum absolute atomic E-state index is 3.82. The molecule has 1 heteroatoms. The summed E-state index contributed by atoms with van der Waals surface area (Å²) >= 11 is 0. The van der Waals surface area contributed by atoms with E-state index in [9.17, 15) is 0 Å². The van der Waals surface area contributed by atoms with Crippen molar-refractivity contribution in [3.8, 4) is 0 Å². The van der Waals surface area contributed by atoms with Gasteiger partial charge in [-0.25, -0.2) is 0 Å². The number of hydrogen-bond donors (Lipinski definition) is 1. The summed E-state index contributed by atoms with van der Waals surface area (Å²) in [5, 5.41) is 3.82. The van der Waals surface area contributed by atoms with Gasteiger partial charge in [0, 0.05) is 12.1 Å². The van der Waals surface area contributed by atoms with Crippen molar-refractivity contribution in [3.05, 3.63) is 0 Å². The lowest BCUT2D eigenvalue weighted by molar-refractivity contribution is 0.225. The van der Waals surface area contributed by atoms with Crippen LogP contribution in [0.5, 0.6) is 0 Å². The minimum atomic E-state index is 0.440. The fourth-order valence-electron chi connectivity index (χ4n) is 3.25. The van der Waals surface area contributed by atoms with Crippen molar-refractivity contribution in [1.82, 2.24) is 5.32 Å². The second kappa shape index (κ2) is 2.75. The molecule has 0 amide bonds. The molecule has 1 aliphatic carbocycles. The predicted octanol–water partition coefficient (Wildman–Crippen LogP) is 3.06. The van der Waals surface area contributed by atoms with Crippen LogP contribution in [0.3, 0.4) is 0 Å². The van der Waals surface area contributed by atoms with Gasteiger partial charge in [-0.05, 0) is 29.1 Å². The fourth-order valence-corrected chi connectivity index (χ4v) is 3.25. The Balaban J connectivity index is 1.94. The van der Waals surface area contributed by atoms with Crippen LogP contribution in [0.1, 0.15) is 48.0 Å². The topological polar surface area (TPSA) is 12.0 Å². The highest BCUT2D eigenvalue weighted by atomic mass is 15.1. The summed E-state index contributed by atoms with van der Waals surface area (Å²) in [5.74, 6) is 1.90. The lowest BCUT2D eigenvalue weighted by Crippen LogP contribution is -2.40. The van der Waals surface area contributed by atoms with Crippen molar-refractivity contribution in [2.24, 2.45) is 22.7 Å². The summed E-state index contributed by atoms with van der Waals surface area (Å²) in [6.45, 7) is 14.2. The molecule has 82 valence electrons. The van der Waals surface area contributed by atoms with Gasteiger partial charge in [0.2, 0.25) is 0 Å². The van der Waals surface area contributed by atoms with Crippen LogP contribution in [0.2, 0.25) is 0 Å². The second-order valence-corrected chi connectivity index (χ2v) is 7.40. The molecule has 4 unspecified atom stereocenters. The van der Waals surface area contributed by atoms with Gasteiger partial charge in [0.1, 0.15) is 0 Å². The minimum absolute atomic E-state index is 0.440. The van der Waals surface area contributed by atoms with Crippen LogP contribution in [-0.2, 0) is 0 Å². The molecule has 1 nitrogen and oxygen atoms in total. The highest BCUT2D eigenvalue weighted by Crippen LogP contribution is 2.57. The maximum atomic E-state index is 3.82. The molecule has 1 heterocycles. The van der Waals surface area contributed by atoms with Crippen LogP contribution in [0.15, 0.2) is 0 Å². The largest absolute Gasteiger partial charge is 0.310 e. The van der Waals surface area contributed by atoms with Crippen molar-refractivity contribution in [3.63, 3.8) is 0 Å². The average molecular weight is 195 g/mol. The van der Waals surface area contributed by atoms with Crippen LogP contribution in [0, 0.1) is 22.7 Å². The first-order valence-corrected chi connectivity index (χ1v) is 5.97. The highest BCUT2D eigenvalue weighted by Gasteiger charge is 2.61. The van der Waals surface area contributed by atoms with E-state index in [2.05, 4.69) is 46.9 Å². The summed E-state index contributed by atoms with van der Waals surface area (Å²) in [6.07, 6.45) is 1.40.